The maximum atomic E-state index is 10.2. The molecule has 1 saturated carbocycles. The van der Waals surface area contributed by atoms with E-state index in [1.54, 1.807) is 23.2 Å². The fourth-order valence-electron chi connectivity index (χ4n) is 1.35. The molecule has 0 saturated heterocycles. The molecule has 1 aromatic heterocycles. The zero-order valence-electron chi connectivity index (χ0n) is 7.10. The fraction of sp³-hybridized carbons (Fsp3) is 0.333. The normalized spacial score (nSPS) is 17.5. The Morgan fingerprint density at radius 3 is 3.00 bits per heavy atom. The van der Waals surface area contributed by atoms with Crippen molar-refractivity contribution < 1.29 is 4.79 Å². The molecular formula is C9H9N3O. The molecule has 0 amide bonds. The molecule has 0 aromatic carbocycles. The molecule has 1 aliphatic rings. The number of aromatic nitrogens is 2. The number of nitrogens with zero attached hydrogens (tertiary/aromatic N) is 3. The van der Waals surface area contributed by atoms with E-state index in [0.29, 0.717) is 0 Å². The molecular weight excluding hydrogens is 166 g/mol. The van der Waals surface area contributed by atoms with Gasteiger partial charge in [-0.05, 0) is 12.8 Å². The molecule has 1 aliphatic carbocycles. The van der Waals surface area contributed by atoms with Gasteiger partial charge in [-0.15, -0.1) is 0 Å². The Morgan fingerprint density at radius 1 is 1.77 bits per heavy atom. The average Bonchev–Trinajstić information content (AvgIpc) is 2.78. The number of isocyanates is 1. The second-order valence-electron chi connectivity index (χ2n) is 3.13. The van der Waals surface area contributed by atoms with E-state index in [-0.39, 0.29) is 5.54 Å². The van der Waals surface area contributed by atoms with Gasteiger partial charge in [0.25, 0.3) is 0 Å². The van der Waals surface area contributed by atoms with E-state index in [1.165, 1.54) is 0 Å². The Balaban J connectivity index is 2.35. The first-order chi connectivity index (χ1) is 6.30. The molecule has 1 fully saturated rings. The summed E-state index contributed by atoms with van der Waals surface area (Å²) in [6.07, 6.45) is 8.58. The highest BCUT2D eigenvalue weighted by Crippen LogP contribution is 2.48. The minimum atomic E-state index is -0.316. The molecule has 1 aromatic rings. The van der Waals surface area contributed by atoms with Gasteiger partial charge in [-0.1, -0.05) is 6.58 Å². The van der Waals surface area contributed by atoms with Crippen LogP contribution in [-0.2, 0) is 10.3 Å². The molecule has 4 heteroatoms. The van der Waals surface area contributed by atoms with Gasteiger partial charge >= 0.3 is 0 Å². The van der Waals surface area contributed by atoms with E-state index < -0.39 is 0 Å². The highest BCUT2D eigenvalue weighted by atomic mass is 16.1. The summed E-state index contributed by atoms with van der Waals surface area (Å²) < 4.78 is 1.61. The van der Waals surface area contributed by atoms with Crippen LogP contribution in [0.4, 0.5) is 0 Å². The summed E-state index contributed by atoms with van der Waals surface area (Å²) in [5.41, 5.74) is 0.652. The maximum absolute atomic E-state index is 10.2. The SMILES string of the molecule is C=Cn1cc(C2(N=C=O)CC2)cn1. The molecule has 1 heterocycles. The van der Waals surface area contributed by atoms with Crippen molar-refractivity contribution in [3.8, 4) is 0 Å². The van der Waals surface area contributed by atoms with Crippen LogP contribution in [0.1, 0.15) is 18.4 Å². The van der Waals surface area contributed by atoms with Gasteiger partial charge in [0.05, 0.1) is 6.20 Å². The van der Waals surface area contributed by atoms with Crippen molar-refractivity contribution in [2.45, 2.75) is 18.4 Å². The summed E-state index contributed by atoms with van der Waals surface area (Å²) in [5.74, 6) is 0. The van der Waals surface area contributed by atoms with Crippen molar-refractivity contribution in [3.05, 3.63) is 24.5 Å². The van der Waals surface area contributed by atoms with Crippen molar-refractivity contribution in [2.24, 2.45) is 4.99 Å². The van der Waals surface area contributed by atoms with E-state index in [9.17, 15) is 4.79 Å². The quantitative estimate of drug-likeness (QED) is 0.513. The molecule has 4 nitrogen and oxygen atoms in total. The van der Waals surface area contributed by atoms with Gasteiger partial charge in [0.1, 0.15) is 5.54 Å². The lowest BCUT2D eigenvalue weighted by Gasteiger charge is -2.01. The van der Waals surface area contributed by atoms with E-state index in [1.807, 2.05) is 6.20 Å². The third-order valence-corrected chi connectivity index (χ3v) is 2.31. The molecule has 0 radical (unpaired) electrons. The maximum Gasteiger partial charge on any atom is 0.235 e. The molecule has 13 heavy (non-hydrogen) atoms. The van der Waals surface area contributed by atoms with Gasteiger partial charge in [-0.25, -0.2) is 9.48 Å². The van der Waals surface area contributed by atoms with Crippen molar-refractivity contribution >= 4 is 12.3 Å². The summed E-state index contributed by atoms with van der Waals surface area (Å²) in [4.78, 5) is 14.0. The summed E-state index contributed by atoms with van der Waals surface area (Å²) >= 11 is 0. The summed E-state index contributed by atoms with van der Waals surface area (Å²) in [6.45, 7) is 3.59. The Bertz CT molecular complexity index is 383. The van der Waals surface area contributed by atoms with E-state index in [4.69, 9.17) is 0 Å². The number of hydrogen-bond acceptors (Lipinski definition) is 3. The molecule has 0 N–H and O–H groups in total. The second kappa shape index (κ2) is 2.68. The van der Waals surface area contributed by atoms with Crippen LogP contribution in [0.5, 0.6) is 0 Å². The van der Waals surface area contributed by atoms with Gasteiger partial charge in [-0.2, -0.15) is 10.1 Å². The van der Waals surface area contributed by atoms with Crippen LogP contribution < -0.4 is 0 Å². The summed E-state index contributed by atoms with van der Waals surface area (Å²) in [6, 6.07) is 0. The monoisotopic (exact) mass is 175 g/mol. The fourth-order valence-corrected chi connectivity index (χ4v) is 1.35. The van der Waals surface area contributed by atoms with Gasteiger partial charge in [0, 0.05) is 18.0 Å². The molecule has 0 bridgehead atoms. The van der Waals surface area contributed by atoms with Crippen LogP contribution in [0.2, 0.25) is 0 Å². The molecule has 0 unspecified atom stereocenters. The zero-order valence-corrected chi connectivity index (χ0v) is 7.10. The number of carbonyl (C=O) groups excluding carboxylic acids is 1. The Kier molecular flexibility index (Phi) is 1.64. The first-order valence-corrected chi connectivity index (χ1v) is 4.07. The third-order valence-electron chi connectivity index (χ3n) is 2.31. The lowest BCUT2D eigenvalue weighted by atomic mass is 10.1. The predicted octanol–water partition coefficient (Wildman–Crippen LogP) is 1.31. The number of aliphatic imine (C=N–C) groups is 1. The van der Waals surface area contributed by atoms with Crippen LogP contribution in [0.15, 0.2) is 24.0 Å². The topological polar surface area (TPSA) is 47.2 Å². The van der Waals surface area contributed by atoms with Crippen LogP contribution in [-0.4, -0.2) is 15.9 Å². The Hall–Kier alpha value is -1.67. The van der Waals surface area contributed by atoms with Gasteiger partial charge in [-0.3, -0.25) is 0 Å². The van der Waals surface area contributed by atoms with E-state index >= 15 is 0 Å². The van der Waals surface area contributed by atoms with Gasteiger partial charge < -0.3 is 0 Å². The van der Waals surface area contributed by atoms with Crippen molar-refractivity contribution in [1.82, 2.24) is 9.78 Å². The van der Waals surface area contributed by atoms with Crippen molar-refractivity contribution in [2.75, 3.05) is 0 Å². The van der Waals surface area contributed by atoms with Crippen LogP contribution >= 0.6 is 0 Å². The zero-order chi connectivity index (χ0) is 9.31. The molecule has 2 rings (SSSR count). The molecule has 0 aliphatic heterocycles. The van der Waals surface area contributed by atoms with Crippen LogP contribution in [0.3, 0.4) is 0 Å². The van der Waals surface area contributed by atoms with Crippen LogP contribution in [0.25, 0.3) is 6.20 Å². The largest absolute Gasteiger partial charge is 0.248 e. The van der Waals surface area contributed by atoms with E-state index in [2.05, 4.69) is 16.7 Å². The number of hydrogen-bond donors (Lipinski definition) is 0. The minimum absolute atomic E-state index is 0.316. The summed E-state index contributed by atoms with van der Waals surface area (Å²) in [5, 5.41) is 4.03. The van der Waals surface area contributed by atoms with Crippen molar-refractivity contribution in [3.63, 3.8) is 0 Å². The summed E-state index contributed by atoms with van der Waals surface area (Å²) in [7, 11) is 0. The third kappa shape index (κ3) is 1.21. The second-order valence-corrected chi connectivity index (χ2v) is 3.13. The predicted molar refractivity (Wildman–Crippen MR) is 47.6 cm³/mol. The highest BCUT2D eigenvalue weighted by Gasteiger charge is 2.45. The Labute approximate surface area is 75.6 Å². The van der Waals surface area contributed by atoms with Gasteiger partial charge in [0.15, 0.2) is 0 Å². The Morgan fingerprint density at radius 2 is 2.54 bits per heavy atom. The lowest BCUT2D eigenvalue weighted by molar-refractivity contribution is 0.556. The first-order valence-electron chi connectivity index (χ1n) is 4.07. The van der Waals surface area contributed by atoms with Crippen LogP contribution in [0, 0.1) is 0 Å². The lowest BCUT2D eigenvalue weighted by Crippen LogP contribution is -1.99. The van der Waals surface area contributed by atoms with E-state index in [0.717, 1.165) is 18.4 Å². The molecule has 0 spiro atoms. The molecule has 0 atom stereocenters. The van der Waals surface area contributed by atoms with Crippen molar-refractivity contribution in [1.29, 1.82) is 0 Å². The highest BCUT2D eigenvalue weighted by molar-refractivity contribution is 5.40. The smallest absolute Gasteiger partial charge is 0.235 e. The molecule has 66 valence electrons. The standard InChI is InChI=1S/C9H9N3O/c1-2-12-6-8(5-11-12)9(3-4-9)10-7-13/h2,5-6H,1,3-4H2. The first kappa shape index (κ1) is 7.95. The van der Waals surface area contributed by atoms with Gasteiger partial charge in [0.2, 0.25) is 6.08 Å². The minimum Gasteiger partial charge on any atom is -0.248 e. The number of rotatable bonds is 3. The average molecular weight is 175 g/mol.